The third-order valence-electron chi connectivity index (χ3n) is 3.06. The first-order valence-electron chi connectivity index (χ1n) is 6.41. The van der Waals surface area contributed by atoms with Gasteiger partial charge < -0.3 is 0 Å². The molecule has 2 aromatic carbocycles. The predicted octanol–water partition coefficient (Wildman–Crippen LogP) is 5.99. The molecule has 0 radical (unpaired) electrons. The Labute approximate surface area is 120 Å². The molecule has 2 rings (SSSR count). The zero-order valence-electron chi connectivity index (χ0n) is 11.2. The molecule has 0 heterocycles. The molecule has 96 valence electrons. The van der Waals surface area contributed by atoms with Crippen LogP contribution in [-0.2, 0) is 0 Å². The molecule has 19 heavy (non-hydrogen) atoms. The van der Waals surface area contributed by atoms with Gasteiger partial charge in [0.05, 0.1) is 0 Å². The summed E-state index contributed by atoms with van der Waals surface area (Å²) in [5, 5.41) is 0.783. The number of halogens is 1. The van der Waals surface area contributed by atoms with E-state index < -0.39 is 0 Å². The Morgan fingerprint density at radius 1 is 0.895 bits per heavy atom. The summed E-state index contributed by atoms with van der Waals surface area (Å²) in [5.41, 5.74) is 4.65. The Kier molecular flexibility index (Phi) is 4.59. The summed E-state index contributed by atoms with van der Waals surface area (Å²) < 4.78 is 0. The minimum absolute atomic E-state index is 0.783. The number of rotatable bonds is 3. The molecule has 1 heteroatoms. The molecule has 0 atom stereocenters. The second-order valence-electron chi connectivity index (χ2n) is 4.27. The van der Waals surface area contributed by atoms with E-state index >= 15 is 0 Å². The minimum Gasteiger partial charge on any atom is -0.0871 e. The molecule has 0 nitrogen and oxygen atoms in total. The molecule has 0 aliphatic carbocycles. The maximum absolute atomic E-state index is 6.32. The number of allylic oxidation sites excluding steroid dienone is 4. The highest BCUT2D eigenvalue weighted by molar-refractivity contribution is 6.33. The van der Waals surface area contributed by atoms with Gasteiger partial charge >= 0.3 is 0 Å². The van der Waals surface area contributed by atoms with Crippen molar-refractivity contribution in [1.82, 2.24) is 0 Å². The Hall–Kier alpha value is -1.79. The highest BCUT2D eigenvalue weighted by Gasteiger charge is 2.09. The molecule has 0 amide bonds. The van der Waals surface area contributed by atoms with Gasteiger partial charge in [0.25, 0.3) is 0 Å². The van der Waals surface area contributed by atoms with Crippen molar-refractivity contribution in [2.24, 2.45) is 0 Å². The second-order valence-corrected chi connectivity index (χ2v) is 4.68. The topological polar surface area (TPSA) is 0 Å². The standard InChI is InChI=1S/C18H17Cl/c1-3-9-14(4-2)15-10-5-6-11-16(15)17-12-7-8-13-18(17)19/h3-13H,1-2H3/b9-3-,14-4+. The lowest BCUT2D eigenvalue weighted by Gasteiger charge is -2.12. The Balaban J connectivity index is 2.63. The van der Waals surface area contributed by atoms with Gasteiger partial charge in [0.1, 0.15) is 0 Å². The lowest BCUT2D eigenvalue weighted by atomic mass is 9.94. The van der Waals surface area contributed by atoms with Crippen LogP contribution in [0.2, 0.25) is 5.02 Å². The Morgan fingerprint density at radius 3 is 2.16 bits per heavy atom. The molecule has 0 aliphatic heterocycles. The van der Waals surface area contributed by atoms with Crippen LogP contribution in [0.3, 0.4) is 0 Å². The van der Waals surface area contributed by atoms with Gasteiger partial charge in [0.2, 0.25) is 0 Å². The molecule has 2 aromatic rings. The maximum atomic E-state index is 6.32. The first kappa shape index (κ1) is 13.6. The average molecular weight is 269 g/mol. The molecule has 0 fully saturated rings. The second kappa shape index (κ2) is 6.40. The molecule has 0 saturated carbocycles. The Morgan fingerprint density at radius 2 is 1.53 bits per heavy atom. The first-order chi connectivity index (χ1) is 9.27. The monoisotopic (exact) mass is 268 g/mol. The van der Waals surface area contributed by atoms with Crippen molar-refractivity contribution in [3.8, 4) is 11.1 Å². The van der Waals surface area contributed by atoms with Gasteiger partial charge in [-0.1, -0.05) is 72.3 Å². The first-order valence-corrected chi connectivity index (χ1v) is 6.79. The van der Waals surface area contributed by atoms with E-state index in [0.29, 0.717) is 0 Å². The number of hydrogen-bond acceptors (Lipinski definition) is 0. The fourth-order valence-corrected chi connectivity index (χ4v) is 2.41. The maximum Gasteiger partial charge on any atom is 0.0484 e. The fraction of sp³-hybridized carbons (Fsp3) is 0.111. The summed E-state index contributed by atoms with van der Waals surface area (Å²) in [6.07, 6.45) is 6.30. The van der Waals surface area contributed by atoms with Crippen LogP contribution in [-0.4, -0.2) is 0 Å². The quantitative estimate of drug-likeness (QED) is 0.600. The van der Waals surface area contributed by atoms with Gasteiger partial charge in [-0.05, 0) is 36.6 Å². The van der Waals surface area contributed by atoms with Crippen LogP contribution in [0, 0.1) is 0 Å². The smallest absolute Gasteiger partial charge is 0.0484 e. The molecule has 0 spiro atoms. The van der Waals surface area contributed by atoms with E-state index in [1.54, 1.807) is 0 Å². The van der Waals surface area contributed by atoms with Gasteiger partial charge in [-0.2, -0.15) is 0 Å². The fourth-order valence-electron chi connectivity index (χ4n) is 2.17. The highest BCUT2D eigenvalue weighted by atomic mass is 35.5. The van der Waals surface area contributed by atoms with Crippen LogP contribution in [0.5, 0.6) is 0 Å². The zero-order valence-corrected chi connectivity index (χ0v) is 12.0. The van der Waals surface area contributed by atoms with Crippen molar-refractivity contribution in [3.05, 3.63) is 77.3 Å². The van der Waals surface area contributed by atoms with E-state index in [9.17, 15) is 0 Å². The highest BCUT2D eigenvalue weighted by Crippen LogP contribution is 2.33. The number of hydrogen-bond donors (Lipinski definition) is 0. The third kappa shape index (κ3) is 2.97. The molecule has 0 aliphatic rings. The van der Waals surface area contributed by atoms with Crippen molar-refractivity contribution in [3.63, 3.8) is 0 Å². The predicted molar refractivity (Wildman–Crippen MR) is 85.4 cm³/mol. The normalized spacial score (nSPS) is 12.1. The van der Waals surface area contributed by atoms with Crippen LogP contribution < -0.4 is 0 Å². The summed E-state index contributed by atoms with van der Waals surface area (Å²) in [4.78, 5) is 0. The van der Waals surface area contributed by atoms with Crippen LogP contribution in [0.25, 0.3) is 16.7 Å². The molecule has 0 bridgehead atoms. The average Bonchev–Trinajstić information content (AvgIpc) is 2.45. The lowest BCUT2D eigenvalue weighted by molar-refractivity contribution is 1.55. The summed E-state index contributed by atoms with van der Waals surface area (Å²) >= 11 is 6.32. The van der Waals surface area contributed by atoms with Crippen LogP contribution in [0.4, 0.5) is 0 Å². The largest absolute Gasteiger partial charge is 0.0871 e. The third-order valence-corrected chi connectivity index (χ3v) is 3.39. The van der Waals surface area contributed by atoms with Crippen molar-refractivity contribution in [2.45, 2.75) is 13.8 Å². The van der Waals surface area contributed by atoms with Gasteiger partial charge in [-0.25, -0.2) is 0 Å². The lowest BCUT2D eigenvalue weighted by Crippen LogP contribution is -1.88. The van der Waals surface area contributed by atoms with E-state index in [1.165, 1.54) is 16.7 Å². The minimum atomic E-state index is 0.783. The molecular formula is C18H17Cl. The Bertz CT molecular complexity index is 621. The summed E-state index contributed by atoms with van der Waals surface area (Å²) in [6.45, 7) is 4.08. The van der Waals surface area contributed by atoms with Crippen LogP contribution in [0.15, 0.2) is 66.8 Å². The van der Waals surface area contributed by atoms with E-state index in [4.69, 9.17) is 11.6 Å². The van der Waals surface area contributed by atoms with Gasteiger partial charge in [-0.15, -0.1) is 0 Å². The van der Waals surface area contributed by atoms with Crippen molar-refractivity contribution >= 4 is 17.2 Å². The zero-order chi connectivity index (χ0) is 13.7. The van der Waals surface area contributed by atoms with E-state index in [-0.39, 0.29) is 0 Å². The van der Waals surface area contributed by atoms with Gasteiger partial charge in [-0.3, -0.25) is 0 Å². The number of benzene rings is 2. The molecule has 0 aromatic heterocycles. The summed E-state index contributed by atoms with van der Waals surface area (Å²) in [5.74, 6) is 0. The van der Waals surface area contributed by atoms with Crippen molar-refractivity contribution in [2.75, 3.05) is 0 Å². The van der Waals surface area contributed by atoms with Gasteiger partial charge in [0, 0.05) is 10.6 Å². The molecule has 0 saturated heterocycles. The van der Waals surface area contributed by atoms with Gasteiger partial charge in [0.15, 0.2) is 0 Å². The SMILES string of the molecule is C/C=C\C(=C/C)c1ccccc1-c1ccccc1Cl. The van der Waals surface area contributed by atoms with Crippen molar-refractivity contribution in [1.29, 1.82) is 0 Å². The van der Waals surface area contributed by atoms with Crippen LogP contribution >= 0.6 is 11.6 Å². The molecule has 0 N–H and O–H groups in total. The molecule has 0 unspecified atom stereocenters. The summed E-state index contributed by atoms with van der Waals surface area (Å²) in [6, 6.07) is 16.3. The van der Waals surface area contributed by atoms with Crippen LogP contribution in [0.1, 0.15) is 19.4 Å². The van der Waals surface area contributed by atoms with E-state index in [2.05, 4.69) is 49.4 Å². The van der Waals surface area contributed by atoms with E-state index in [1.807, 2.05) is 31.2 Å². The van der Waals surface area contributed by atoms with E-state index in [0.717, 1.165) is 10.6 Å². The van der Waals surface area contributed by atoms with Crippen molar-refractivity contribution < 1.29 is 0 Å². The molecular weight excluding hydrogens is 252 g/mol. The summed E-state index contributed by atoms with van der Waals surface area (Å²) in [7, 11) is 0.